The molecule has 11 heteroatoms. The third-order valence-corrected chi connectivity index (χ3v) is 3.16. The van der Waals surface area contributed by atoms with Crippen LogP contribution in [-0.2, 0) is 18.9 Å². The Bertz CT molecular complexity index is 609. The van der Waals surface area contributed by atoms with Crippen LogP contribution in [0.3, 0.4) is 0 Å². The van der Waals surface area contributed by atoms with Gasteiger partial charge in [-0.2, -0.15) is 26.3 Å². The van der Waals surface area contributed by atoms with Crippen molar-refractivity contribution in [3.05, 3.63) is 34.9 Å². The van der Waals surface area contributed by atoms with E-state index in [1.807, 2.05) is 0 Å². The predicted molar refractivity (Wildman–Crippen MR) is 76.7 cm³/mol. The maximum Gasteiger partial charge on any atom is 0.416 e. The van der Waals surface area contributed by atoms with E-state index >= 15 is 0 Å². The molecule has 1 heterocycles. The first-order chi connectivity index (χ1) is 10.6. The van der Waals surface area contributed by atoms with E-state index in [1.54, 1.807) is 0 Å². The summed E-state index contributed by atoms with van der Waals surface area (Å²) in [6.07, 6.45) is -8.79. The summed E-state index contributed by atoms with van der Waals surface area (Å²) in [4.78, 5) is 5.36. The van der Waals surface area contributed by atoms with Crippen molar-refractivity contribution >= 4 is 24.5 Å². The van der Waals surface area contributed by atoms with Gasteiger partial charge in [-0.15, -0.1) is 12.4 Å². The van der Waals surface area contributed by atoms with Crippen LogP contribution in [0.1, 0.15) is 16.7 Å². The van der Waals surface area contributed by atoms with Crippen LogP contribution in [-0.4, -0.2) is 35.2 Å². The lowest BCUT2D eigenvalue weighted by atomic mass is 10.0. The van der Waals surface area contributed by atoms with Crippen LogP contribution < -0.4 is 0 Å². The molecule has 0 saturated heterocycles. The molecule has 0 atom stereocenters. The van der Waals surface area contributed by atoms with Crippen LogP contribution in [0, 0.1) is 0 Å². The van der Waals surface area contributed by atoms with E-state index in [0.29, 0.717) is 25.2 Å². The molecule has 1 aliphatic heterocycles. The van der Waals surface area contributed by atoms with Crippen molar-refractivity contribution in [2.24, 2.45) is 10.1 Å². The van der Waals surface area contributed by atoms with Crippen molar-refractivity contribution in [1.29, 1.82) is 0 Å². The number of hydrogen-bond donors (Lipinski definition) is 1. The molecule has 1 aromatic rings. The maximum atomic E-state index is 12.8. The summed E-state index contributed by atoms with van der Waals surface area (Å²) in [6.45, 7) is 0.406. The average Bonchev–Trinajstić information content (AvgIpc) is 2.84. The quantitative estimate of drug-likeness (QED) is 0.378. The molecular weight excluding hydrogens is 364 g/mol. The van der Waals surface area contributed by atoms with E-state index in [1.165, 1.54) is 4.90 Å². The lowest BCUT2D eigenvalue weighted by Crippen LogP contribution is -2.28. The SMILES string of the molecule is Cl.O/N=C\C1=NCCN1Cc1cc(C(F)(F)F)cc(C(F)(F)F)c1. The molecule has 0 amide bonds. The van der Waals surface area contributed by atoms with Gasteiger partial charge in [0.1, 0.15) is 12.1 Å². The van der Waals surface area contributed by atoms with E-state index in [0.717, 1.165) is 6.21 Å². The zero-order valence-corrected chi connectivity index (χ0v) is 12.7. The van der Waals surface area contributed by atoms with E-state index in [2.05, 4.69) is 10.1 Å². The van der Waals surface area contributed by atoms with Crippen LogP contribution >= 0.6 is 12.4 Å². The van der Waals surface area contributed by atoms with Gasteiger partial charge in [-0.1, -0.05) is 5.16 Å². The van der Waals surface area contributed by atoms with Crippen molar-refractivity contribution in [1.82, 2.24) is 4.90 Å². The number of alkyl halides is 6. The number of oxime groups is 1. The highest BCUT2D eigenvalue weighted by atomic mass is 35.5. The van der Waals surface area contributed by atoms with Crippen LogP contribution in [0.4, 0.5) is 26.3 Å². The first-order valence-electron chi connectivity index (χ1n) is 6.36. The van der Waals surface area contributed by atoms with Gasteiger partial charge in [-0.05, 0) is 23.8 Å². The molecule has 0 bridgehead atoms. The molecule has 0 fully saturated rings. The van der Waals surface area contributed by atoms with Gasteiger partial charge in [0.25, 0.3) is 0 Å². The van der Waals surface area contributed by atoms with Gasteiger partial charge in [-0.3, -0.25) is 4.99 Å². The van der Waals surface area contributed by atoms with Gasteiger partial charge in [0.15, 0.2) is 0 Å². The minimum absolute atomic E-state index is 0. The number of aliphatic imine (C=N–C) groups is 1. The Hall–Kier alpha value is -1.97. The summed E-state index contributed by atoms with van der Waals surface area (Å²) in [7, 11) is 0. The molecule has 2 rings (SSSR count). The molecule has 4 nitrogen and oxygen atoms in total. The monoisotopic (exact) mass is 375 g/mol. The van der Waals surface area contributed by atoms with Crippen LogP contribution in [0.5, 0.6) is 0 Å². The lowest BCUT2D eigenvalue weighted by Gasteiger charge is -2.20. The maximum absolute atomic E-state index is 12.8. The average molecular weight is 376 g/mol. The topological polar surface area (TPSA) is 48.2 Å². The fourth-order valence-corrected chi connectivity index (χ4v) is 2.16. The highest BCUT2D eigenvalue weighted by Gasteiger charge is 2.37. The number of nitrogens with zero attached hydrogens (tertiary/aromatic N) is 3. The highest BCUT2D eigenvalue weighted by molar-refractivity contribution is 6.29. The summed E-state index contributed by atoms with van der Waals surface area (Å²) in [5, 5.41) is 11.2. The minimum Gasteiger partial charge on any atom is -0.411 e. The summed E-state index contributed by atoms with van der Waals surface area (Å²) >= 11 is 0. The number of rotatable bonds is 3. The van der Waals surface area contributed by atoms with Crippen molar-refractivity contribution in [3.8, 4) is 0 Å². The third kappa shape index (κ3) is 4.76. The van der Waals surface area contributed by atoms with Gasteiger partial charge in [0.2, 0.25) is 0 Å². The summed E-state index contributed by atoms with van der Waals surface area (Å²) in [5.41, 5.74) is -2.89. The van der Waals surface area contributed by atoms with Crippen molar-refractivity contribution in [2.45, 2.75) is 18.9 Å². The predicted octanol–water partition coefficient (Wildman–Crippen LogP) is 3.82. The van der Waals surface area contributed by atoms with Gasteiger partial charge in [-0.25, -0.2) is 0 Å². The molecule has 0 aliphatic carbocycles. The van der Waals surface area contributed by atoms with Gasteiger partial charge < -0.3 is 10.1 Å². The van der Waals surface area contributed by atoms with Crippen molar-refractivity contribution in [3.63, 3.8) is 0 Å². The summed E-state index contributed by atoms with van der Waals surface area (Å²) < 4.78 is 76.7. The normalized spacial score (nSPS) is 15.6. The number of amidine groups is 1. The van der Waals surface area contributed by atoms with Gasteiger partial charge >= 0.3 is 12.4 Å². The zero-order chi connectivity index (χ0) is 17.3. The molecular formula is C13H12ClF6N3O. The van der Waals surface area contributed by atoms with Crippen molar-refractivity contribution < 1.29 is 31.5 Å². The largest absolute Gasteiger partial charge is 0.416 e. The fraction of sp³-hybridized carbons (Fsp3) is 0.385. The third-order valence-electron chi connectivity index (χ3n) is 3.16. The Morgan fingerprint density at radius 3 is 2.08 bits per heavy atom. The van der Waals surface area contributed by atoms with Gasteiger partial charge in [0.05, 0.1) is 17.7 Å². The molecule has 1 aliphatic rings. The Labute approximate surface area is 138 Å². The van der Waals surface area contributed by atoms with E-state index in [-0.39, 0.29) is 36.4 Å². The number of halogens is 7. The van der Waals surface area contributed by atoms with E-state index < -0.39 is 23.5 Å². The van der Waals surface area contributed by atoms with Crippen LogP contribution in [0.25, 0.3) is 0 Å². The fourth-order valence-electron chi connectivity index (χ4n) is 2.16. The van der Waals surface area contributed by atoms with E-state index in [4.69, 9.17) is 5.21 Å². The Morgan fingerprint density at radius 2 is 1.62 bits per heavy atom. The second-order valence-corrected chi connectivity index (χ2v) is 4.82. The molecule has 0 spiro atoms. The first-order valence-corrected chi connectivity index (χ1v) is 6.36. The van der Waals surface area contributed by atoms with Crippen LogP contribution in [0.2, 0.25) is 0 Å². The molecule has 1 N–H and O–H groups in total. The Balaban J connectivity index is 0.00000288. The second-order valence-electron chi connectivity index (χ2n) is 4.82. The van der Waals surface area contributed by atoms with Crippen LogP contribution in [0.15, 0.2) is 28.3 Å². The highest BCUT2D eigenvalue weighted by Crippen LogP contribution is 2.36. The number of hydrogen-bond acceptors (Lipinski definition) is 4. The molecule has 134 valence electrons. The van der Waals surface area contributed by atoms with Crippen molar-refractivity contribution in [2.75, 3.05) is 13.1 Å². The Kier molecular flexibility index (Phi) is 6.09. The minimum atomic E-state index is -4.88. The molecule has 0 radical (unpaired) electrons. The molecule has 0 unspecified atom stereocenters. The summed E-state index contributed by atoms with van der Waals surface area (Å²) in [5.74, 6) is 0.193. The van der Waals surface area contributed by atoms with Gasteiger partial charge in [0, 0.05) is 13.1 Å². The molecule has 24 heavy (non-hydrogen) atoms. The zero-order valence-electron chi connectivity index (χ0n) is 11.9. The first kappa shape index (κ1) is 20.1. The molecule has 0 saturated carbocycles. The Morgan fingerprint density at radius 1 is 1.08 bits per heavy atom. The second kappa shape index (κ2) is 7.29. The molecule has 0 aromatic heterocycles. The van der Waals surface area contributed by atoms with E-state index in [9.17, 15) is 26.3 Å². The summed E-state index contributed by atoms with van der Waals surface area (Å²) in [6, 6.07) is 1.42. The lowest BCUT2D eigenvalue weighted by molar-refractivity contribution is -0.143. The number of benzene rings is 1. The smallest absolute Gasteiger partial charge is 0.411 e. The molecule has 1 aromatic carbocycles. The standard InChI is InChI=1S/C13H11F6N3O.ClH/c14-12(15,16)9-3-8(4-10(5-9)13(17,18)19)7-22-2-1-20-11(22)6-21-23;/h3-6,23H,1-2,7H2;1H/b21-6-;.